The van der Waals surface area contributed by atoms with E-state index >= 15 is 0 Å². The van der Waals surface area contributed by atoms with Gasteiger partial charge in [-0.15, -0.1) is 11.3 Å². The molecule has 0 radical (unpaired) electrons. The van der Waals surface area contributed by atoms with Gasteiger partial charge in [0.25, 0.3) is 0 Å². The van der Waals surface area contributed by atoms with E-state index in [1.54, 1.807) is 18.3 Å². The van der Waals surface area contributed by atoms with Gasteiger partial charge in [-0.05, 0) is 43.0 Å². The van der Waals surface area contributed by atoms with Crippen molar-refractivity contribution in [1.29, 1.82) is 0 Å². The molecule has 0 bridgehead atoms. The number of nitrogens with zero attached hydrogens (tertiary/aromatic N) is 4. The maximum atomic E-state index is 12.8. The summed E-state index contributed by atoms with van der Waals surface area (Å²) in [6.45, 7) is 16.2. The van der Waals surface area contributed by atoms with Crippen molar-refractivity contribution in [2.75, 3.05) is 31.1 Å². The number of anilines is 1. The molecule has 0 amide bonds. The molecule has 1 aliphatic rings. The number of benzene rings is 1. The van der Waals surface area contributed by atoms with Crippen molar-refractivity contribution in [1.82, 2.24) is 14.9 Å². The highest BCUT2D eigenvalue weighted by molar-refractivity contribution is 7.09. The molecule has 4 rings (SSSR count). The standard InChI is InChI=1S/C27H36N4OS/c1-18(2)21-15-20-9-7-10-28-24(20)23(16-21)30-11-8-12-31(14-13-30)25(19(3)32)22-17-33-26(29-22)27(4,5)6/h7,9-10,15-18,25H,8,11-14H2,1-6H3. The maximum absolute atomic E-state index is 12.8. The fourth-order valence-corrected chi connectivity index (χ4v) is 5.54. The van der Waals surface area contributed by atoms with E-state index in [1.165, 1.54) is 16.6 Å². The van der Waals surface area contributed by atoms with E-state index in [4.69, 9.17) is 9.97 Å². The zero-order valence-electron chi connectivity index (χ0n) is 20.8. The lowest BCUT2D eigenvalue weighted by molar-refractivity contribution is -0.122. The summed E-state index contributed by atoms with van der Waals surface area (Å²) < 4.78 is 0. The van der Waals surface area contributed by atoms with Crippen molar-refractivity contribution in [3.63, 3.8) is 0 Å². The predicted molar refractivity (Wildman–Crippen MR) is 138 cm³/mol. The molecule has 2 aromatic heterocycles. The number of carbonyl (C=O) groups is 1. The van der Waals surface area contributed by atoms with E-state index in [0.717, 1.165) is 48.8 Å². The molecule has 0 N–H and O–H groups in total. The summed E-state index contributed by atoms with van der Waals surface area (Å²) in [5, 5.41) is 4.36. The number of pyridine rings is 1. The summed E-state index contributed by atoms with van der Waals surface area (Å²) >= 11 is 1.67. The van der Waals surface area contributed by atoms with Crippen LogP contribution in [0.1, 0.15) is 76.2 Å². The van der Waals surface area contributed by atoms with Crippen LogP contribution in [0.15, 0.2) is 35.8 Å². The molecule has 1 aliphatic heterocycles. The minimum Gasteiger partial charge on any atom is -0.368 e. The van der Waals surface area contributed by atoms with Gasteiger partial charge in [0.05, 0.1) is 21.9 Å². The molecule has 6 heteroatoms. The quantitative estimate of drug-likeness (QED) is 0.467. The van der Waals surface area contributed by atoms with E-state index < -0.39 is 0 Å². The van der Waals surface area contributed by atoms with Gasteiger partial charge in [-0.25, -0.2) is 4.98 Å². The first kappa shape index (κ1) is 23.8. The number of hydrogen-bond acceptors (Lipinski definition) is 6. The first-order valence-electron chi connectivity index (χ1n) is 12.0. The third kappa shape index (κ3) is 5.12. The third-order valence-corrected chi connectivity index (χ3v) is 7.73. The molecule has 176 valence electrons. The molecule has 3 heterocycles. The van der Waals surface area contributed by atoms with Crippen LogP contribution < -0.4 is 4.90 Å². The number of Topliss-reactive ketones (excluding diaryl/α,β-unsaturated/α-hetero) is 1. The van der Waals surface area contributed by atoms with Crippen LogP contribution in [0, 0.1) is 0 Å². The van der Waals surface area contributed by atoms with Crippen molar-refractivity contribution in [2.45, 2.75) is 65.3 Å². The second kappa shape index (κ2) is 9.51. The zero-order valence-corrected chi connectivity index (χ0v) is 21.6. The summed E-state index contributed by atoms with van der Waals surface area (Å²) in [4.78, 5) is 27.2. The van der Waals surface area contributed by atoms with Crippen LogP contribution in [0.5, 0.6) is 0 Å². The molecular formula is C27H36N4OS. The summed E-state index contributed by atoms with van der Waals surface area (Å²) in [5.74, 6) is 0.628. The molecule has 3 aromatic rings. The van der Waals surface area contributed by atoms with Crippen LogP contribution in [0.3, 0.4) is 0 Å². The Morgan fingerprint density at radius 1 is 1.12 bits per heavy atom. The minimum absolute atomic E-state index is 0.00463. The molecule has 0 saturated carbocycles. The first-order valence-corrected chi connectivity index (χ1v) is 12.9. The lowest BCUT2D eigenvalue weighted by atomic mass is 9.98. The molecule has 1 aromatic carbocycles. The van der Waals surface area contributed by atoms with Gasteiger partial charge in [-0.1, -0.05) is 40.7 Å². The smallest absolute Gasteiger partial charge is 0.153 e. The molecule has 1 atom stereocenters. The van der Waals surface area contributed by atoms with Crippen molar-refractivity contribution in [2.24, 2.45) is 0 Å². The van der Waals surface area contributed by atoms with E-state index in [9.17, 15) is 4.79 Å². The van der Waals surface area contributed by atoms with E-state index in [0.29, 0.717) is 5.92 Å². The first-order chi connectivity index (χ1) is 15.6. The van der Waals surface area contributed by atoms with Crippen molar-refractivity contribution < 1.29 is 4.79 Å². The predicted octanol–water partition coefficient (Wildman–Crippen LogP) is 5.95. The number of thiazole rings is 1. The SMILES string of the molecule is CC(=O)C(c1csc(C(C)(C)C)n1)N1CCCN(c2cc(C(C)C)cc3cccnc23)CC1. The Bertz CT molecular complexity index is 1130. The van der Waals surface area contributed by atoms with Gasteiger partial charge in [-0.3, -0.25) is 14.7 Å². The van der Waals surface area contributed by atoms with Crippen LogP contribution in [0.25, 0.3) is 10.9 Å². The Morgan fingerprint density at radius 3 is 2.58 bits per heavy atom. The summed E-state index contributed by atoms with van der Waals surface area (Å²) in [5.41, 5.74) is 4.51. The van der Waals surface area contributed by atoms with E-state index in [-0.39, 0.29) is 17.2 Å². The van der Waals surface area contributed by atoms with Crippen LogP contribution in [-0.4, -0.2) is 46.8 Å². The number of fused-ring (bicyclic) bond motifs is 1. The second-order valence-electron chi connectivity index (χ2n) is 10.5. The molecule has 1 saturated heterocycles. The Kier molecular flexibility index (Phi) is 6.87. The lowest BCUT2D eigenvalue weighted by Crippen LogP contribution is -2.37. The highest BCUT2D eigenvalue weighted by Crippen LogP contribution is 2.33. The average molecular weight is 465 g/mol. The van der Waals surface area contributed by atoms with Gasteiger partial charge in [-0.2, -0.15) is 0 Å². The third-order valence-electron chi connectivity index (χ3n) is 6.44. The van der Waals surface area contributed by atoms with Crippen molar-refractivity contribution in [3.05, 3.63) is 52.1 Å². The fraction of sp³-hybridized carbons (Fsp3) is 0.519. The van der Waals surface area contributed by atoms with Crippen LogP contribution in [0.4, 0.5) is 5.69 Å². The van der Waals surface area contributed by atoms with Crippen molar-refractivity contribution >= 4 is 33.7 Å². The second-order valence-corrected chi connectivity index (χ2v) is 11.3. The van der Waals surface area contributed by atoms with Crippen molar-refractivity contribution in [3.8, 4) is 0 Å². The molecule has 1 fully saturated rings. The highest BCUT2D eigenvalue weighted by Gasteiger charge is 2.30. The van der Waals surface area contributed by atoms with Gasteiger partial charge in [0.15, 0.2) is 5.78 Å². The number of ketones is 1. The molecule has 33 heavy (non-hydrogen) atoms. The molecule has 0 spiro atoms. The topological polar surface area (TPSA) is 49.3 Å². The van der Waals surface area contributed by atoms with Gasteiger partial charge in [0, 0.05) is 48.6 Å². The lowest BCUT2D eigenvalue weighted by Gasteiger charge is -2.28. The van der Waals surface area contributed by atoms with Crippen LogP contribution in [-0.2, 0) is 10.2 Å². The zero-order chi connectivity index (χ0) is 23.8. The number of aromatic nitrogens is 2. The highest BCUT2D eigenvalue weighted by atomic mass is 32.1. The largest absolute Gasteiger partial charge is 0.368 e. The van der Waals surface area contributed by atoms with Gasteiger partial charge >= 0.3 is 0 Å². The summed E-state index contributed by atoms with van der Waals surface area (Å²) in [7, 11) is 0. The Balaban J connectivity index is 1.61. The Hall–Kier alpha value is -2.31. The molecule has 0 aliphatic carbocycles. The van der Waals surface area contributed by atoms with E-state index in [1.807, 2.05) is 12.3 Å². The Labute approximate surface area is 201 Å². The number of rotatable bonds is 5. The van der Waals surface area contributed by atoms with Gasteiger partial charge in [0.1, 0.15) is 6.04 Å². The Morgan fingerprint density at radius 2 is 1.91 bits per heavy atom. The molecular weight excluding hydrogens is 428 g/mol. The number of carbonyl (C=O) groups excluding carboxylic acids is 1. The maximum Gasteiger partial charge on any atom is 0.153 e. The van der Waals surface area contributed by atoms with Gasteiger partial charge < -0.3 is 4.90 Å². The summed E-state index contributed by atoms with van der Waals surface area (Å²) in [6.07, 6.45) is 2.88. The fourth-order valence-electron chi connectivity index (χ4n) is 4.62. The minimum atomic E-state index is -0.269. The monoisotopic (exact) mass is 464 g/mol. The summed E-state index contributed by atoms with van der Waals surface area (Å²) in [6, 6.07) is 8.48. The van der Waals surface area contributed by atoms with E-state index in [2.05, 4.69) is 68.0 Å². The van der Waals surface area contributed by atoms with Gasteiger partial charge in [0.2, 0.25) is 0 Å². The molecule has 5 nitrogen and oxygen atoms in total. The van der Waals surface area contributed by atoms with Crippen LogP contribution >= 0.6 is 11.3 Å². The normalized spacial score (nSPS) is 16.9. The molecule has 1 unspecified atom stereocenters. The number of hydrogen-bond donors (Lipinski definition) is 0. The van der Waals surface area contributed by atoms with Crippen LogP contribution in [0.2, 0.25) is 0 Å². The average Bonchev–Trinajstić information content (AvgIpc) is 3.13.